The summed E-state index contributed by atoms with van der Waals surface area (Å²) >= 11 is 0. The van der Waals surface area contributed by atoms with Gasteiger partial charge in [-0.3, -0.25) is 0 Å². The molecule has 3 nitrogen and oxygen atoms in total. The van der Waals surface area contributed by atoms with Gasteiger partial charge in [-0.2, -0.15) is 0 Å². The maximum Gasteiger partial charge on any atom is 0.418 e. The molecule has 0 aliphatic carbocycles. The Bertz CT molecular complexity index is 1170. The van der Waals surface area contributed by atoms with Gasteiger partial charge >= 0.3 is 8.25 Å². The lowest BCUT2D eigenvalue weighted by Crippen LogP contribution is -1.98. The lowest BCUT2D eigenvalue weighted by molar-refractivity contribution is 0.305. The van der Waals surface area contributed by atoms with Gasteiger partial charge in [-0.25, -0.2) is 4.57 Å². The molecule has 4 rings (SSSR count). The summed E-state index contributed by atoms with van der Waals surface area (Å²) in [7, 11) is -2.82. The van der Waals surface area contributed by atoms with Crippen LogP contribution in [0.4, 0.5) is 0 Å². The number of rotatable bonds is 12. The first-order valence-electron chi connectivity index (χ1n) is 12.2. The molecule has 4 aromatic carbocycles. The highest BCUT2D eigenvalue weighted by atomic mass is 31.1. The molecule has 0 heterocycles. The molecule has 0 unspecified atom stereocenters. The van der Waals surface area contributed by atoms with Gasteiger partial charge in [0.25, 0.3) is 0 Å². The molecule has 0 aliphatic heterocycles. The first-order chi connectivity index (χ1) is 17.7. The van der Waals surface area contributed by atoms with Crippen LogP contribution in [0.15, 0.2) is 145 Å². The average molecular weight is 495 g/mol. The highest BCUT2D eigenvalue weighted by Crippen LogP contribution is 2.34. The molecule has 0 bridgehead atoms. The molecule has 0 saturated heterocycles. The van der Waals surface area contributed by atoms with E-state index in [0.717, 1.165) is 11.1 Å². The zero-order valence-corrected chi connectivity index (χ0v) is 21.3. The van der Waals surface area contributed by atoms with Crippen molar-refractivity contribution in [1.82, 2.24) is 0 Å². The van der Waals surface area contributed by atoms with Crippen molar-refractivity contribution in [2.75, 3.05) is 0 Å². The van der Waals surface area contributed by atoms with E-state index < -0.39 is 8.25 Å². The molecule has 0 aliphatic rings. The van der Waals surface area contributed by atoms with E-state index in [2.05, 4.69) is 24.3 Å². The molecule has 0 N–H and O–H groups in total. The molecule has 0 fully saturated rings. The van der Waals surface area contributed by atoms with Gasteiger partial charge in [-0.05, 0) is 47.2 Å². The van der Waals surface area contributed by atoms with Crippen molar-refractivity contribution >= 4 is 8.25 Å². The summed E-state index contributed by atoms with van der Waals surface area (Å²) in [5.74, 6) is 1.30. The van der Waals surface area contributed by atoms with E-state index >= 15 is 0 Å². The molecule has 0 saturated carbocycles. The van der Waals surface area contributed by atoms with E-state index in [9.17, 15) is 4.57 Å². The Hall–Kier alpha value is -3.81. The lowest BCUT2D eigenvalue weighted by Gasteiger charge is -2.14. The highest BCUT2D eigenvalue weighted by molar-refractivity contribution is 7.33. The average Bonchev–Trinajstić information content (AvgIpc) is 2.93. The summed E-state index contributed by atoms with van der Waals surface area (Å²) in [6.07, 6.45) is 6.49. The molecule has 0 amide bonds. The molecule has 36 heavy (non-hydrogen) atoms. The fourth-order valence-corrected chi connectivity index (χ4v) is 4.60. The third-order valence-electron chi connectivity index (χ3n) is 5.69. The standard InChI is InChI=1S/C32H31O3P/c33-36(34-31(25-29-17-9-3-10-18-29)23-21-27-13-5-1-6-14-27)35-32(26-30-19-11-4-12-20-30)24-22-28-15-7-2-8-16-28/h1-20,23-24,36H,21-22,25-26H2. The van der Waals surface area contributed by atoms with Crippen LogP contribution in [0.25, 0.3) is 0 Å². The number of hydrogen-bond donors (Lipinski definition) is 0. The van der Waals surface area contributed by atoms with E-state index in [0.29, 0.717) is 37.2 Å². The third kappa shape index (κ3) is 8.76. The van der Waals surface area contributed by atoms with Crippen molar-refractivity contribution in [1.29, 1.82) is 0 Å². The van der Waals surface area contributed by atoms with Crippen molar-refractivity contribution in [3.05, 3.63) is 167 Å². The number of hydrogen-bond acceptors (Lipinski definition) is 3. The predicted octanol–water partition coefficient (Wildman–Crippen LogP) is 8.15. The maximum absolute atomic E-state index is 13.1. The van der Waals surface area contributed by atoms with E-state index in [1.54, 1.807) is 0 Å². The molecule has 0 aromatic heterocycles. The van der Waals surface area contributed by atoms with Gasteiger partial charge in [0.05, 0.1) is 0 Å². The van der Waals surface area contributed by atoms with Gasteiger partial charge in [0.2, 0.25) is 0 Å². The zero-order valence-electron chi connectivity index (χ0n) is 20.3. The predicted molar refractivity (Wildman–Crippen MR) is 148 cm³/mol. The summed E-state index contributed by atoms with van der Waals surface area (Å²) in [4.78, 5) is 0. The number of benzene rings is 4. The monoisotopic (exact) mass is 494 g/mol. The van der Waals surface area contributed by atoms with Crippen LogP contribution in [0.3, 0.4) is 0 Å². The second kappa shape index (κ2) is 13.9. The van der Waals surface area contributed by atoms with Gasteiger partial charge in [-0.15, -0.1) is 0 Å². The van der Waals surface area contributed by atoms with Crippen molar-refractivity contribution in [3.63, 3.8) is 0 Å². The second-order valence-corrected chi connectivity index (χ2v) is 9.41. The smallest absolute Gasteiger partial charge is 0.418 e. The van der Waals surface area contributed by atoms with Gasteiger partial charge in [0.1, 0.15) is 11.5 Å². The molecular formula is C32H31O3P. The maximum atomic E-state index is 13.1. The van der Waals surface area contributed by atoms with Crippen LogP contribution in [-0.4, -0.2) is 0 Å². The Labute approximate surface area is 214 Å². The van der Waals surface area contributed by atoms with E-state index in [1.807, 2.05) is 109 Å². The summed E-state index contributed by atoms with van der Waals surface area (Å²) in [5, 5.41) is 0. The molecule has 4 aromatic rings. The molecule has 0 spiro atoms. The SMILES string of the molecule is O=[PH](OC(=CCc1ccccc1)Cc1ccccc1)OC(=CCc1ccccc1)Cc1ccccc1. The second-order valence-electron chi connectivity index (χ2n) is 8.50. The minimum Gasteiger partial charge on any atom is -0.422 e. The van der Waals surface area contributed by atoms with Crippen LogP contribution >= 0.6 is 8.25 Å². The fourth-order valence-electron chi connectivity index (χ4n) is 3.82. The molecule has 0 atom stereocenters. The Morgan fingerprint density at radius 2 is 0.806 bits per heavy atom. The minimum absolute atomic E-state index is 0.551. The van der Waals surface area contributed by atoms with Crippen molar-refractivity contribution in [2.24, 2.45) is 0 Å². The van der Waals surface area contributed by atoms with Gasteiger partial charge in [-0.1, -0.05) is 121 Å². The summed E-state index contributed by atoms with van der Waals surface area (Å²) in [5.41, 5.74) is 4.52. The van der Waals surface area contributed by atoms with Crippen molar-refractivity contribution in [2.45, 2.75) is 25.7 Å². The summed E-state index contributed by atoms with van der Waals surface area (Å²) in [6.45, 7) is 0. The van der Waals surface area contributed by atoms with Crippen LogP contribution in [0.5, 0.6) is 0 Å². The van der Waals surface area contributed by atoms with Crippen LogP contribution in [0.2, 0.25) is 0 Å². The third-order valence-corrected chi connectivity index (χ3v) is 6.55. The Kier molecular flexibility index (Phi) is 9.78. The Morgan fingerprint density at radius 1 is 0.500 bits per heavy atom. The summed E-state index contributed by atoms with van der Waals surface area (Å²) < 4.78 is 25.0. The van der Waals surface area contributed by atoms with Crippen LogP contribution in [-0.2, 0) is 39.3 Å². The number of allylic oxidation sites excluding steroid dienone is 4. The van der Waals surface area contributed by atoms with Crippen molar-refractivity contribution in [3.8, 4) is 0 Å². The van der Waals surface area contributed by atoms with E-state index in [4.69, 9.17) is 9.05 Å². The Balaban J connectivity index is 1.48. The van der Waals surface area contributed by atoms with Crippen molar-refractivity contribution < 1.29 is 13.6 Å². The van der Waals surface area contributed by atoms with E-state index in [-0.39, 0.29) is 0 Å². The van der Waals surface area contributed by atoms with Gasteiger partial charge in [0.15, 0.2) is 0 Å². The summed E-state index contributed by atoms with van der Waals surface area (Å²) in [6, 6.07) is 40.4. The minimum atomic E-state index is -2.82. The molecule has 0 radical (unpaired) electrons. The van der Waals surface area contributed by atoms with Gasteiger partial charge < -0.3 is 9.05 Å². The molecule has 4 heteroatoms. The quantitative estimate of drug-likeness (QED) is 0.147. The Morgan fingerprint density at radius 3 is 1.14 bits per heavy atom. The van der Waals surface area contributed by atoms with E-state index in [1.165, 1.54) is 11.1 Å². The highest BCUT2D eigenvalue weighted by Gasteiger charge is 2.11. The normalized spacial score (nSPS) is 12.7. The molecule has 182 valence electrons. The van der Waals surface area contributed by atoms with Gasteiger partial charge in [0, 0.05) is 12.8 Å². The first-order valence-corrected chi connectivity index (χ1v) is 13.4. The zero-order chi connectivity index (χ0) is 24.8. The fraction of sp³-hybridized carbons (Fsp3) is 0.125. The molecular weight excluding hydrogens is 463 g/mol. The van der Waals surface area contributed by atoms with Crippen LogP contribution in [0, 0.1) is 0 Å². The van der Waals surface area contributed by atoms with Crippen LogP contribution in [0.1, 0.15) is 22.3 Å². The lowest BCUT2D eigenvalue weighted by atomic mass is 10.1. The van der Waals surface area contributed by atoms with Crippen LogP contribution < -0.4 is 0 Å². The topological polar surface area (TPSA) is 35.5 Å². The largest absolute Gasteiger partial charge is 0.422 e. The first kappa shape index (κ1) is 25.3.